The summed E-state index contributed by atoms with van der Waals surface area (Å²) in [5.74, 6) is 0.233. The highest BCUT2D eigenvalue weighted by Gasteiger charge is 2.25. The van der Waals surface area contributed by atoms with E-state index in [0.717, 1.165) is 35.2 Å². The van der Waals surface area contributed by atoms with Crippen LogP contribution in [0.5, 0.6) is 0 Å². The molecular formula is C24H23FN4O. The third kappa shape index (κ3) is 3.43. The molecule has 0 unspecified atom stereocenters. The highest BCUT2D eigenvalue weighted by molar-refractivity contribution is 5.77. The summed E-state index contributed by atoms with van der Waals surface area (Å²) >= 11 is 0. The minimum atomic E-state index is -0.367. The number of halogens is 1. The standard InChI is InChI=1S/C24H23FN4O/c1-16-12-13-21(25)19(14-16)23-27-24(30-28-23)20-15-26-29(18-10-6-3-7-11-18)22(20)17-8-4-2-5-9-17/h2,4-5,8-9,12-15,18H,3,6-7,10-11H2,1H3. The lowest BCUT2D eigenvalue weighted by Gasteiger charge is -2.24. The smallest absolute Gasteiger partial charge is 0.262 e. The quantitative estimate of drug-likeness (QED) is 0.407. The zero-order chi connectivity index (χ0) is 20.5. The van der Waals surface area contributed by atoms with Crippen LogP contribution in [0.25, 0.3) is 34.1 Å². The molecule has 5 nitrogen and oxygen atoms in total. The van der Waals surface area contributed by atoms with Gasteiger partial charge in [-0.15, -0.1) is 0 Å². The van der Waals surface area contributed by atoms with E-state index in [1.165, 1.54) is 25.3 Å². The van der Waals surface area contributed by atoms with E-state index in [1.54, 1.807) is 18.3 Å². The van der Waals surface area contributed by atoms with Crippen molar-refractivity contribution in [3.63, 3.8) is 0 Å². The fourth-order valence-corrected chi connectivity index (χ4v) is 4.26. The van der Waals surface area contributed by atoms with Crippen molar-refractivity contribution in [2.24, 2.45) is 0 Å². The van der Waals surface area contributed by atoms with Gasteiger partial charge in [-0.3, -0.25) is 4.68 Å². The van der Waals surface area contributed by atoms with Gasteiger partial charge in [0.2, 0.25) is 5.82 Å². The number of aryl methyl sites for hydroxylation is 1. The van der Waals surface area contributed by atoms with E-state index < -0.39 is 0 Å². The molecule has 0 radical (unpaired) electrons. The molecule has 2 aromatic carbocycles. The molecule has 0 N–H and O–H groups in total. The summed E-state index contributed by atoms with van der Waals surface area (Å²) in [6.07, 6.45) is 7.73. The Bertz CT molecular complexity index is 1160. The molecule has 5 rings (SSSR count). The highest BCUT2D eigenvalue weighted by Crippen LogP contribution is 2.37. The van der Waals surface area contributed by atoms with Crippen LogP contribution >= 0.6 is 0 Å². The molecule has 0 aliphatic heterocycles. The molecule has 0 saturated heterocycles. The van der Waals surface area contributed by atoms with Crippen molar-refractivity contribution in [2.75, 3.05) is 0 Å². The molecule has 1 aliphatic carbocycles. The van der Waals surface area contributed by atoms with Gasteiger partial charge in [0.1, 0.15) is 5.82 Å². The van der Waals surface area contributed by atoms with Gasteiger partial charge in [-0.05, 0) is 31.9 Å². The molecule has 1 fully saturated rings. The summed E-state index contributed by atoms with van der Waals surface area (Å²) in [6, 6.07) is 15.4. The lowest BCUT2D eigenvalue weighted by molar-refractivity contribution is 0.332. The van der Waals surface area contributed by atoms with Crippen molar-refractivity contribution in [1.82, 2.24) is 19.9 Å². The van der Waals surface area contributed by atoms with Gasteiger partial charge in [0.05, 0.1) is 29.1 Å². The molecule has 0 bridgehead atoms. The molecule has 2 heterocycles. The Labute approximate surface area is 174 Å². The fourth-order valence-electron chi connectivity index (χ4n) is 4.26. The average Bonchev–Trinajstić information content (AvgIpc) is 3.44. The van der Waals surface area contributed by atoms with Crippen molar-refractivity contribution in [3.8, 4) is 34.1 Å². The third-order valence-electron chi connectivity index (χ3n) is 5.78. The summed E-state index contributed by atoms with van der Waals surface area (Å²) in [4.78, 5) is 4.53. The van der Waals surface area contributed by atoms with Crippen molar-refractivity contribution >= 4 is 0 Å². The molecule has 2 aromatic heterocycles. The summed E-state index contributed by atoms with van der Waals surface area (Å²) in [6.45, 7) is 1.91. The highest BCUT2D eigenvalue weighted by atomic mass is 19.1. The van der Waals surface area contributed by atoms with Gasteiger partial charge in [0.15, 0.2) is 0 Å². The van der Waals surface area contributed by atoms with Gasteiger partial charge < -0.3 is 4.52 Å². The summed E-state index contributed by atoms with van der Waals surface area (Å²) in [5, 5.41) is 8.78. The van der Waals surface area contributed by atoms with E-state index in [1.807, 2.05) is 25.1 Å². The predicted molar refractivity (Wildman–Crippen MR) is 113 cm³/mol. The van der Waals surface area contributed by atoms with E-state index in [9.17, 15) is 4.39 Å². The van der Waals surface area contributed by atoms with Crippen LogP contribution in [0.15, 0.2) is 59.3 Å². The lowest BCUT2D eigenvalue weighted by atomic mass is 9.95. The Balaban J connectivity index is 1.61. The molecule has 4 aromatic rings. The normalized spacial score (nSPS) is 14.9. The third-order valence-corrected chi connectivity index (χ3v) is 5.78. The second-order valence-electron chi connectivity index (χ2n) is 7.92. The van der Waals surface area contributed by atoms with Crippen LogP contribution in [0.2, 0.25) is 0 Å². The van der Waals surface area contributed by atoms with Gasteiger partial charge >= 0.3 is 0 Å². The second kappa shape index (κ2) is 7.86. The van der Waals surface area contributed by atoms with Crippen LogP contribution < -0.4 is 0 Å². The number of nitrogens with zero attached hydrogens (tertiary/aromatic N) is 4. The molecule has 0 spiro atoms. The summed E-state index contributed by atoms with van der Waals surface area (Å²) in [7, 11) is 0. The minimum absolute atomic E-state index is 0.246. The maximum absolute atomic E-state index is 14.3. The van der Waals surface area contributed by atoms with Crippen molar-refractivity contribution in [2.45, 2.75) is 45.1 Å². The van der Waals surface area contributed by atoms with Crippen LogP contribution in [-0.4, -0.2) is 19.9 Å². The fraction of sp³-hybridized carbons (Fsp3) is 0.292. The van der Waals surface area contributed by atoms with Gasteiger partial charge in [0, 0.05) is 5.56 Å². The number of aromatic nitrogens is 4. The zero-order valence-electron chi connectivity index (χ0n) is 16.9. The van der Waals surface area contributed by atoms with Crippen LogP contribution in [0.1, 0.15) is 43.7 Å². The first-order chi connectivity index (χ1) is 14.7. The van der Waals surface area contributed by atoms with E-state index >= 15 is 0 Å². The summed E-state index contributed by atoms with van der Waals surface area (Å²) < 4.78 is 22.0. The Kier molecular flexibility index (Phi) is 4.91. The first-order valence-electron chi connectivity index (χ1n) is 10.4. The van der Waals surface area contributed by atoms with Gasteiger partial charge in [0.25, 0.3) is 5.89 Å². The topological polar surface area (TPSA) is 56.7 Å². The molecular weight excluding hydrogens is 379 g/mol. The van der Waals surface area contributed by atoms with Gasteiger partial charge in [-0.1, -0.05) is 66.4 Å². The van der Waals surface area contributed by atoms with Gasteiger partial charge in [-0.2, -0.15) is 10.1 Å². The van der Waals surface area contributed by atoms with E-state index in [-0.39, 0.29) is 11.6 Å². The summed E-state index contributed by atoms with van der Waals surface area (Å²) in [5.41, 5.74) is 4.08. The van der Waals surface area contributed by atoms with E-state index in [0.29, 0.717) is 17.5 Å². The number of benzene rings is 2. The molecule has 1 aliphatic rings. The van der Waals surface area contributed by atoms with Gasteiger partial charge in [-0.25, -0.2) is 4.39 Å². The monoisotopic (exact) mass is 402 g/mol. The molecule has 6 heteroatoms. The Morgan fingerprint density at radius 1 is 1.00 bits per heavy atom. The Hall–Kier alpha value is -3.28. The minimum Gasteiger partial charge on any atom is -0.333 e. The molecule has 30 heavy (non-hydrogen) atoms. The number of hydrogen-bond acceptors (Lipinski definition) is 4. The SMILES string of the molecule is Cc1ccc(F)c(-c2noc(-c3cnn(C4CCCCC4)c3-c3ccccc3)n2)c1. The van der Waals surface area contributed by atoms with Crippen molar-refractivity contribution < 1.29 is 8.91 Å². The molecule has 1 saturated carbocycles. The molecule has 152 valence electrons. The number of rotatable bonds is 4. The van der Waals surface area contributed by atoms with E-state index in [2.05, 4.69) is 27.0 Å². The van der Waals surface area contributed by atoms with Crippen LogP contribution in [0.4, 0.5) is 4.39 Å². The maximum atomic E-state index is 14.3. The Morgan fingerprint density at radius 2 is 1.80 bits per heavy atom. The van der Waals surface area contributed by atoms with Crippen molar-refractivity contribution in [1.29, 1.82) is 0 Å². The Morgan fingerprint density at radius 3 is 2.60 bits per heavy atom. The first-order valence-corrected chi connectivity index (χ1v) is 10.4. The largest absolute Gasteiger partial charge is 0.333 e. The van der Waals surface area contributed by atoms with Crippen LogP contribution in [-0.2, 0) is 0 Å². The van der Waals surface area contributed by atoms with Crippen molar-refractivity contribution in [3.05, 3.63) is 66.1 Å². The predicted octanol–water partition coefficient (Wildman–Crippen LogP) is 6.22. The number of hydrogen-bond donors (Lipinski definition) is 0. The van der Waals surface area contributed by atoms with E-state index in [4.69, 9.17) is 9.62 Å². The lowest BCUT2D eigenvalue weighted by Crippen LogP contribution is -2.15. The second-order valence-corrected chi connectivity index (χ2v) is 7.92. The average molecular weight is 402 g/mol. The molecule has 0 amide bonds. The molecule has 0 atom stereocenters. The zero-order valence-corrected chi connectivity index (χ0v) is 16.9. The first kappa shape index (κ1) is 18.7. The van der Waals surface area contributed by atoms with Crippen LogP contribution in [0, 0.1) is 12.7 Å². The van der Waals surface area contributed by atoms with Crippen LogP contribution in [0.3, 0.4) is 0 Å². The maximum Gasteiger partial charge on any atom is 0.262 e.